The van der Waals surface area contributed by atoms with Crippen LogP contribution < -0.4 is 15.6 Å². The summed E-state index contributed by atoms with van der Waals surface area (Å²) in [5, 5.41) is 14.2. The fraction of sp³-hybridized carbons (Fsp3) is 0.136. The molecule has 8 heteroatoms. The molecule has 0 fully saturated rings. The lowest BCUT2D eigenvalue weighted by molar-refractivity contribution is 0.0974. The van der Waals surface area contributed by atoms with E-state index in [4.69, 9.17) is 4.74 Å². The predicted octanol–water partition coefficient (Wildman–Crippen LogP) is 3.21. The number of methoxy groups -OCH3 is 1. The highest BCUT2D eigenvalue weighted by molar-refractivity contribution is 6.04. The monoisotopic (exact) mass is 404 g/mol. The molecule has 0 unspecified atom stereocenters. The van der Waals surface area contributed by atoms with Gasteiger partial charge in [-0.3, -0.25) is 9.59 Å². The molecule has 8 nitrogen and oxygen atoms in total. The first-order valence-corrected chi connectivity index (χ1v) is 9.24. The minimum Gasteiger partial charge on any atom is -0.497 e. The molecule has 0 saturated heterocycles. The lowest BCUT2D eigenvalue weighted by Crippen LogP contribution is -2.21. The number of carbonyl (C=O) groups is 1. The van der Waals surface area contributed by atoms with E-state index in [9.17, 15) is 14.8 Å². The van der Waals surface area contributed by atoms with Crippen LogP contribution in [0, 0.1) is 6.92 Å². The molecule has 0 spiro atoms. The summed E-state index contributed by atoms with van der Waals surface area (Å²) in [6.07, 6.45) is 0. The highest BCUT2D eigenvalue weighted by Gasteiger charge is 2.24. The Hall–Kier alpha value is -4.07. The fourth-order valence-electron chi connectivity index (χ4n) is 3.40. The number of nitrogens with one attached hydrogen (secondary N) is 1. The van der Waals surface area contributed by atoms with Gasteiger partial charge in [0.15, 0.2) is 11.5 Å². The van der Waals surface area contributed by atoms with Crippen molar-refractivity contribution in [3.8, 4) is 17.1 Å². The second-order valence-corrected chi connectivity index (χ2v) is 6.85. The van der Waals surface area contributed by atoms with Crippen molar-refractivity contribution in [2.45, 2.75) is 6.92 Å². The van der Waals surface area contributed by atoms with Gasteiger partial charge in [-0.1, -0.05) is 18.2 Å². The SMILES string of the molecule is COc1ccc2cc(-c3nc(C)c(C(=O)Nc4ccccc4)n3O)c(=O)n(C)c2c1. The Morgan fingerprint density at radius 3 is 2.57 bits per heavy atom. The number of aromatic nitrogens is 3. The molecular weight excluding hydrogens is 384 g/mol. The topological polar surface area (TPSA) is 98.4 Å². The van der Waals surface area contributed by atoms with E-state index in [0.29, 0.717) is 27.4 Å². The minimum absolute atomic E-state index is 0.00373. The normalized spacial score (nSPS) is 10.9. The third-order valence-corrected chi connectivity index (χ3v) is 4.95. The van der Waals surface area contributed by atoms with Gasteiger partial charge in [0.05, 0.1) is 23.9 Å². The van der Waals surface area contributed by atoms with Crippen molar-refractivity contribution in [1.29, 1.82) is 0 Å². The van der Waals surface area contributed by atoms with Gasteiger partial charge in [0.1, 0.15) is 5.75 Å². The Bertz CT molecular complexity index is 1320. The van der Waals surface area contributed by atoms with Crippen LogP contribution in [0.2, 0.25) is 0 Å². The molecule has 0 aliphatic carbocycles. The maximum atomic E-state index is 13.0. The summed E-state index contributed by atoms with van der Waals surface area (Å²) < 4.78 is 7.35. The lowest BCUT2D eigenvalue weighted by atomic mass is 10.1. The molecule has 0 atom stereocenters. The minimum atomic E-state index is -0.526. The molecule has 4 aromatic rings. The number of aryl methyl sites for hydroxylation is 2. The molecule has 0 radical (unpaired) electrons. The molecule has 2 aromatic carbocycles. The van der Waals surface area contributed by atoms with Gasteiger partial charge in [-0.2, -0.15) is 4.73 Å². The van der Waals surface area contributed by atoms with Crippen molar-refractivity contribution in [2.75, 3.05) is 12.4 Å². The first-order valence-electron chi connectivity index (χ1n) is 9.24. The summed E-state index contributed by atoms with van der Waals surface area (Å²) in [4.78, 5) is 30.0. The smallest absolute Gasteiger partial charge is 0.277 e. The Kier molecular flexibility index (Phi) is 4.75. The van der Waals surface area contributed by atoms with E-state index in [-0.39, 0.29) is 22.6 Å². The Morgan fingerprint density at radius 2 is 1.87 bits per heavy atom. The average molecular weight is 404 g/mol. The molecule has 4 rings (SSSR count). The Labute approximate surface area is 171 Å². The number of imidazole rings is 1. The van der Waals surface area contributed by atoms with Gasteiger partial charge in [-0.05, 0) is 42.6 Å². The first kappa shape index (κ1) is 19.3. The number of hydrogen-bond acceptors (Lipinski definition) is 5. The fourth-order valence-corrected chi connectivity index (χ4v) is 3.40. The standard InChI is InChI=1S/C22H20N4O4/c1-13-19(21(27)24-15-7-5-4-6-8-15)26(29)20(23-13)17-11-14-9-10-16(30-3)12-18(14)25(2)22(17)28/h4-12,29H,1-3H3,(H,24,27). The highest BCUT2D eigenvalue weighted by atomic mass is 16.5. The summed E-state index contributed by atoms with van der Waals surface area (Å²) in [5.41, 5.74) is 1.35. The maximum Gasteiger partial charge on any atom is 0.277 e. The van der Waals surface area contributed by atoms with Gasteiger partial charge in [0, 0.05) is 18.8 Å². The van der Waals surface area contributed by atoms with Crippen molar-refractivity contribution in [3.05, 3.63) is 76.3 Å². The summed E-state index contributed by atoms with van der Waals surface area (Å²) in [6, 6.07) is 15.9. The van der Waals surface area contributed by atoms with Crippen LogP contribution >= 0.6 is 0 Å². The molecule has 0 bridgehead atoms. The van der Waals surface area contributed by atoms with E-state index < -0.39 is 5.91 Å². The zero-order chi connectivity index (χ0) is 21.4. The van der Waals surface area contributed by atoms with Crippen LogP contribution in [0.15, 0.2) is 59.4 Å². The van der Waals surface area contributed by atoms with E-state index in [1.54, 1.807) is 63.5 Å². The molecule has 0 aliphatic heterocycles. The van der Waals surface area contributed by atoms with Crippen molar-refractivity contribution in [2.24, 2.45) is 7.05 Å². The van der Waals surface area contributed by atoms with Gasteiger partial charge in [-0.25, -0.2) is 4.98 Å². The van der Waals surface area contributed by atoms with Crippen molar-refractivity contribution < 1.29 is 14.7 Å². The van der Waals surface area contributed by atoms with Crippen LogP contribution in [0.1, 0.15) is 16.2 Å². The van der Waals surface area contributed by atoms with E-state index in [1.807, 2.05) is 12.1 Å². The lowest BCUT2D eigenvalue weighted by Gasteiger charge is -2.10. The number of benzene rings is 2. The van der Waals surface area contributed by atoms with Crippen LogP contribution in [-0.2, 0) is 7.05 Å². The number of pyridine rings is 1. The van der Waals surface area contributed by atoms with Gasteiger partial charge < -0.3 is 19.8 Å². The number of ether oxygens (including phenoxy) is 1. The van der Waals surface area contributed by atoms with E-state index in [1.165, 1.54) is 4.57 Å². The molecule has 1 amide bonds. The summed E-state index contributed by atoms with van der Waals surface area (Å²) in [7, 11) is 3.19. The van der Waals surface area contributed by atoms with Gasteiger partial charge in [0.25, 0.3) is 11.5 Å². The Morgan fingerprint density at radius 1 is 1.13 bits per heavy atom. The summed E-state index contributed by atoms with van der Waals surface area (Å²) >= 11 is 0. The van der Waals surface area contributed by atoms with E-state index in [2.05, 4.69) is 10.3 Å². The summed E-state index contributed by atoms with van der Waals surface area (Å²) in [5.74, 6) is 0.107. The van der Waals surface area contributed by atoms with Crippen LogP contribution in [0.5, 0.6) is 5.75 Å². The molecule has 2 heterocycles. The molecule has 2 N–H and O–H groups in total. The molecule has 30 heavy (non-hydrogen) atoms. The van der Waals surface area contributed by atoms with Crippen molar-refractivity contribution in [1.82, 2.24) is 14.3 Å². The van der Waals surface area contributed by atoms with Gasteiger partial charge in [-0.15, -0.1) is 0 Å². The zero-order valence-electron chi connectivity index (χ0n) is 16.7. The van der Waals surface area contributed by atoms with Crippen LogP contribution in [-0.4, -0.2) is 32.5 Å². The number of fused-ring (bicyclic) bond motifs is 1. The number of anilines is 1. The predicted molar refractivity (Wildman–Crippen MR) is 113 cm³/mol. The van der Waals surface area contributed by atoms with Gasteiger partial charge in [0.2, 0.25) is 0 Å². The third-order valence-electron chi connectivity index (χ3n) is 4.95. The van der Waals surface area contributed by atoms with Crippen LogP contribution in [0.3, 0.4) is 0 Å². The number of carbonyl (C=O) groups excluding carboxylic acids is 1. The third kappa shape index (κ3) is 3.18. The molecule has 2 aromatic heterocycles. The van der Waals surface area contributed by atoms with Crippen LogP contribution in [0.25, 0.3) is 22.3 Å². The average Bonchev–Trinajstić information content (AvgIpc) is 3.05. The molecular formula is C22H20N4O4. The Balaban J connectivity index is 1.81. The quantitative estimate of drug-likeness (QED) is 0.509. The van der Waals surface area contributed by atoms with Gasteiger partial charge >= 0.3 is 0 Å². The largest absolute Gasteiger partial charge is 0.497 e. The summed E-state index contributed by atoms with van der Waals surface area (Å²) in [6.45, 7) is 1.60. The van der Waals surface area contributed by atoms with Crippen LogP contribution in [0.4, 0.5) is 5.69 Å². The van der Waals surface area contributed by atoms with Crippen molar-refractivity contribution >= 4 is 22.5 Å². The number of para-hydroxylation sites is 1. The van der Waals surface area contributed by atoms with E-state index >= 15 is 0 Å². The second kappa shape index (κ2) is 7.40. The molecule has 152 valence electrons. The zero-order valence-corrected chi connectivity index (χ0v) is 16.7. The number of nitrogens with zero attached hydrogens (tertiary/aromatic N) is 3. The number of amides is 1. The van der Waals surface area contributed by atoms with Crippen molar-refractivity contribution in [3.63, 3.8) is 0 Å². The number of rotatable bonds is 4. The maximum absolute atomic E-state index is 13.0. The first-order chi connectivity index (χ1) is 14.4. The molecule has 0 aliphatic rings. The second-order valence-electron chi connectivity index (χ2n) is 6.85. The number of hydrogen-bond donors (Lipinski definition) is 2. The highest BCUT2D eigenvalue weighted by Crippen LogP contribution is 2.25. The molecule has 0 saturated carbocycles. The van der Waals surface area contributed by atoms with E-state index in [0.717, 1.165) is 5.39 Å².